The van der Waals surface area contributed by atoms with E-state index in [-0.39, 0.29) is 0 Å². The van der Waals surface area contributed by atoms with Gasteiger partial charge in [0.2, 0.25) is 5.95 Å². The van der Waals surface area contributed by atoms with Gasteiger partial charge in [-0.1, -0.05) is 18.0 Å². The number of halogens is 2. The first-order chi connectivity index (χ1) is 12.1. The Morgan fingerprint density at radius 2 is 1.96 bits per heavy atom. The van der Waals surface area contributed by atoms with Crippen LogP contribution in [0, 0.1) is 5.95 Å². The van der Waals surface area contributed by atoms with E-state index in [1.165, 1.54) is 25.3 Å². The second-order valence-electron chi connectivity index (χ2n) is 6.63. The van der Waals surface area contributed by atoms with E-state index in [2.05, 4.69) is 14.9 Å². The zero-order valence-electron chi connectivity index (χ0n) is 14.2. The average molecular weight is 359 g/mol. The number of aromatic nitrogens is 3. The topological polar surface area (TPSA) is 34.0 Å². The number of hydrogen-bond donors (Lipinski definition) is 0. The van der Waals surface area contributed by atoms with E-state index in [0.29, 0.717) is 11.6 Å². The molecule has 0 N–H and O–H groups in total. The molecule has 1 aliphatic rings. The normalized spacial score (nSPS) is 15.8. The number of piperidine rings is 1. The van der Waals surface area contributed by atoms with Crippen LogP contribution in [0.15, 0.2) is 30.5 Å². The summed E-state index contributed by atoms with van der Waals surface area (Å²) in [7, 11) is 1.92. The van der Waals surface area contributed by atoms with Crippen LogP contribution >= 0.6 is 11.6 Å². The van der Waals surface area contributed by atoms with Crippen molar-refractivity contribution in [3.63, 3.8) is 0 Å². The summed E-state index contributed by atoms with van der Waals surface area (Å²) in [6.07, 6.45) is 5.37. The van der Waals surface area contributed by atoms with Gasteiger partial charge in [-0.25, -0.2) is 9.97 Å². The molecular formula is C19H20ClFN4. The molecule has 4 heterocycles. The van der Waals surface area contributed by atoms with Crippen molar-refractivity contribution in [2.45, 2.75) is 25.8 Å². The van der Waals surface area contributed by atoms with Gasteiger partial charge >= 0.3 is 0 Å². The lowest BCUT2D eigenvalue weighted by atomic mass is 10.1. The van der Waals surface area contributed by atoms with Crippen LogP contribution in [0.1, 0.15) is 25.0 Å². The Balaban J connectivity index is 1.73. The molecule has 0 unspecified atom stereocenters. The van der Waals surface area contributed by atoms with Crippen molar-refractivity contribution in [2.75, 3.05) is 13.1 Å². The third-order valence-corrected chi connectivity index (χ3v) is 5.18. The Bertz CT molecular complexity index is 915. The second-order valence-corrected chi connectivity index (χ2v) is 7.03. The largest absolute Gasteiger partial charge is 0.328 e. The fourth-order valence-corrected chi connectivity index (χ4v) is 3.79. The molecule has 0 atom stereocenters. The first-order valence-electron chi connectivity index (χ1n) is 8.61. The van der Waals surface area contributed by atoms with E-state index in [1.54, 1.807) is 12.3 Å². The highest BCUT2D eigenvalue weighted by Gasteiger charge is 2.16. The van der Waals surface area contributed by atoms with E-state index >= 15 is 0 Å². The zero-order valence-corrected chi connectivity index (χ0v) is 14.9. The first-order valence-corrected chi connectivity index (χ1v) is 8.99. The molecule has 0 aliphatic carbocycles. The highest BCUT2D eigenvalue weighted by Crippen LogP contribution is 2.31. The summed E-state index contributed by atoms with van der Waals surface area (Å²) in [5, 5.41) is 1.52. The predicted molar refractivity (Wildman–Crippen MR) is 98.0 cm³/mol. The van der Waals surface area contributed by atoms with Gasteiger partial charge in [0, 0.05) is 36.8 Å². The lowest BCUT2D eigenvalue weighted by Gasteiger charge is -2.26. The molecule has 0 saturated carbocycles. The van der Waals surface area contributed by atoms with E-state index in [0.717, 1.165) is 41.1 Å². The molecule has 6 heteroatoms. The molecule has 1 fully saturated rings. The van der Waals surface area contributed by atoms with Crippen molar-refractivity contribution in [1.29, 1.82) is 0 Å². The van der Waals surface area contributed by atoms with Gasteiger partial charge in [-0.05, 0) is 44.1 Å². The molecule has 0 spiro atoms. The second kappa shape index (κ2) is 6.73. The van der Waals surface area contributed by atoms with E-state index < -0.39 is 5.95 Å². The molecule has 1 saturated heterocycles. The molecule has 0 amide bonds. The molecule has 3 aromatic heterocycles. The smallest absolute Gasteiger partial charge is 0.213 e. The maximum absolute atomic E-state index is 14.2. The van der Waals surface area contributed by atoms with Crippen molar-refractivity contribution in [2.24, 2.45) is 7.05 Å². The fourth-order valence-electron chi connectivity index (χ4n) is 3.59. The number of hydrogen-bond acceptors (Lipinski definition) is 3. The fraction of sp³-hybridized carbons (Fsp3) is 0.368. The summed E-state index contributed by atoms with van der Waals surface area (Å²) >= 11 is 6.27. The van der Waals surface area contributed by atoms with Gasteiger partial charge in [0.15, 0.2) is 0 Å². The van der Waals surface area contributed by atoms with E-state index in [9.17, 15) is 4.39 Å². The minimum atomic E-state index is -0.450. The first kappa shape index (κ1) is 16.5. The minimum Gasteiger partial charge on any atom is -0.328 e. The van der Waals surface area contributed by atoms with Crippen molar-refractivity contribution >= 4 is 22.6 Å². The maximum atomic E-state index is 14.2. The summed E-state index contributed by atoms with van der Waals surface area (Å²) < 4.78 is 16.1. The minimum absolute atomic E-state index is 0.450. The van der Waals surface area contributed by atoms with Crippen LogP contribution in [0.3, 0.4) is 0 Å². The zero-order chi connectivity index (χ0) is 17.4. The van der Waals surface area contributed by atoms with Gasteiger partial charge in [0.05, 0.1) is 16.4 Å². The van der Waals surface area contributed by atoms with Gasteiger partial charge in [-0.3, -0.25) is 4.90 Å². The number of fused-ring (bicyclic) bond motifs is 1. The summed E-state index contributed by atoms with van der Waals surface area (Å²) in [5.41, 5.74) is 3.24. The van der Waals surface area contributed by atoms with Crippen LogP contribution in [-0.4, -0.2) is 32.5 Å². The molecular weight excluding hydrogens is 339 g/mol. The van der Waals surface area contributed by atoms with Crippen molar-refractivity contribution in [3.8, 4) is 11.3 Å². The molecule has 25 heavy (non-hydrogen) atoms. The van der Waals surface area contributed by atoms with Gasteiger partial charge in [-0.15, -0.1) is 0 Å². The van der Waals surface area contributed by atoms with E-state index in [1.807, 2.05) is 23.7 Å². The van der Waals surface area contributed by atoms with Gasteiger partial charge in [0.25, 0.3) is 0 Å². The van der Waals surface area contributed by atoms with Crippen LogP contribution in [0.2, 0.25) is 5.02 Å². The van der Waals surface area contributed by atoms with Gasteiger partial charge in [-0.2, -0.15) is 4.39 Å². The van der Waals surface area contributed by atoms with Crippen LogP contribution in [0.4, 0.5) is 4.39 Å². The molecule has 3 aromatic rings. The molecule has 0 bridgehead atoms. The van der Waals surface area contributed by atoms with Crippen LogP contribution in [0.25, 0.3) is 22.3 Å². The molecule has 0 aromatic carbocycles. The number of pyridine rings is 2. The standard InChI is InChI=1S/C19H20ClFN4/c1-24-17(11-15-16(20)5-6-22-19(15)24)13-9-14(23-18(21)10-13)12-25-7-3-2-4-8-25/h5-6,9-11H,2-4,7-8,12H2,1H3. The Morgan fingerprint density at radius 1 is 1.16 bits per heavy atom. The Kier molecular flexibility index (Phi) is 4.44. The predicted octanol–water partition coefficient (Wildman–Crippen LogP) is 4.41. The number of likely N-dealkylation sites (tertiary alicyclic amines) is 1. The Labute approximate surface area is 151 Å². The highest BCUT2D eigenvalue weighted by atomic mass is 35.5. The summed E-state index contributed by atoms with van der Waals surface area (Å²) in [4.78, 5) is 10.8. The summed E-state index contributed by atoms with van der Waals surface area (Å²) in [6, 6.07) is 7.17. The summed E-state index contributed by atoms with van der Waals surface area (Å²) in [5.74, 6) is -0.450. The molecule has 4 nitrogen and oxygen atoms in total. The van der Waals surface area contributed by atoms with E-state index in [4.69, 9.17) is 11.6 Å². The number of nitrogens with zero attached hydrogens (tertiary/aromatic N) is 4. The van der Waals surface area contributed by atoms with Crippen molar-refractivity contribution < 1.29 is 4.39 Å². The van der Waals surface area contributed by atoms with Crippen molar-refractivity contribution in [1.82, 2.24) is 19.4 Å². The summed E-state index contributed by atoms with van der Waals surface area (Å²) in [6.45, 7) is 2.80. The lowest BCUT2D eigenvalue weighted by Crippen LogP contribution is -2.29. The Hall–Kier alpha value is -1.98. The molecule has 0 radical (unpaired) electrons. The maximum Gasteiger partial charge on any atom is 0.213 e. The third-order valence-electron chi connectivity index (χ3n) is 4.85. The lowest BCUT2D eigenvalue weighted by molar-refractivity contribution is 0.218. The number of rotatable bonds is 3. The molecule has 130 valence electrons. The van der Waals surface area contributed by atoms with Gasteiger partial charge < -0.3 is 4.57 Å². The van der Waals surface area contributed by atoms with Crippen LogP contribution < -0.4 is 0 Å². The monoisotopic (exact) mass is 358 g/mol. The third kappa shape index (κ3) is 3.26. The van der Waals surface area contributed by atoms with Crippen LogP contribution in [-0.2, 0) is 13.6 Å². The quantitative estimate of drug-likeness (QED) is 0.650. The number of aryl methyl sites for hydroxylation is 1. The molecule has 1 aliphatic heterocycles. The molecule has 4 rings (SSSR count). The van der Waals surface area contributed by atoms with Gasteiger partial charge in [0.1, 0.15) is 5.65 Å². The average Bonchev–Trinajstić information content (AvgIpc) is 2.94. The SMILES string of the molecule is Cn1c(-c2cc(F)nc(CN3CCCCC3)c2)cc2c(Cl)ccnc21. The Morgan fingerprint density at radius 3 is 2.72 bits per heavy atom. The van der Waals surface area contributed by atoms with Crippen LogP contribution in [0.5, 0.6) is 0 Å². The highest BCUT2D eigenvalue weighted by molar-refractivity contribution is 6.35. The van der Waals surface area contributed by atoms with Crippen molar-refractivity contribution in [3.05, 3.63) is 47.1 Å².